The highest BCUT2D eigenvalue weighted by atomic mass is 19.1. The molecule has 2 rings (SSSR count). The predicted octanol–water partition coefficient (Wildman–Crippen LogP) is 2.69. The summed E-state index contributed by atoms with van der Waals surface area (Å²) in [4.78, 5) is 2.32. The zero-order valence-corrected chi connectivity index (χ0v) is 12.2. The molecule has 1 aliphatic heterocycles. The van der Waals surface area contributed by atoms with E-state index in [0.29, 0.717) is 5.92 Å². The zero-order chi connectivity index (χ0) is 14.5. The molecule has 20 heavy (non-hydrogen) atoms. The van der Waals surface area contributed by atoms with Crippen LogP contribution in [-0.2, 0) is 0 Å². The lowest BCUT2D eigenvalue weighted by atomic mass is 9.84. The molecule has 0 saturated carbocycles. The summed E-state index contributed by atoms with van der Waals surface area (Å²) in [5, 5.41) is 12.4. The number of nitriles is 1. The third-order valence-electron chi connectivity index (χ3n) is 4.12. The van der Waals surface area contributed by atoms with Crippen LogP contribution in [0.15, 0.2) is 18.2 Å². The van der Waals surface area contributed by atoms with Crippen LogP contribution < -0.4 is 5.32 Å². The van der Waals surface area contributed by atoms with Crippen molar-refractivity contribution >= 4 is 0 Å². The molecule has 0 bridgehead atoms. The first-order chi connectivity index (χ1) is 9.67. The largest absolute Gasteiger partial charge is 0.317 e. The molecule has 0 spiro atoms. The molecule has 1 aromatic carbocycles. The Morgan fingerprint density at radius 1 is 1.50 bits per heavy atom. The van der Waals surface area contributed by atoms with Crippen LogP contribution in [0, 0.1) is 23.1 Å². The summed E-state index contributed by atoms with van der Waals surface area (Å²) in [5.74, 6) is 0.0728. The van der Waals surface area contributed by atoms with Gasteiger partial charge in [0.2, 0.25) is 0 Å². The van der Waals surface area contributed by atoms with E-state index in [1.165, 1.54) is 18.9 Å². The lowest BCUT2D eigenvalue weighted by Gasteiger charge is -2.39. The van der Waals surface area contributed by atoms with E-state index in [-0.39, 0.29) is 11.6 Å². The van der Waals surface area contributed by atoms with Crippen molar-refractivity contribution in [2.45, 2.75) is 25.8 Å². The van der Waals surface area contributed by atoms with Crippen molar-refractivity contribution in [1.82, 2.24) is 10.2 Å². The van der Waals surface area contributed by atoms with E-state index >= 15 is 0 Å². The van der Waals surface area contributed by atoms with Gasteiger partial charge in [-0.2, -0.15) is 5.26 Å². The predicted molar refractivity (Wildman–Crippen MR) is 77.8 cm³/mol. The van der Waals surface area contributed by atoms with Crippen molar-refractivity contribution < 1.29 is 4.39 Å². The fraction of sp³-hybridized carbons (Fsp3) is 0.562. The first-order valence-electron chi connectivity index (χ1n) is 7.27. The molecule has 1 aromatic rings. The highest BCUT2D eigenvalue weighted by Crippen LogP contribution is 2.35. The third-order valence-corrected chi connectivity index (χ3v) is 4.12. The van der Waals surface area contributed by atoms with E-state index in [1.54, 1.807) is 6.07 Å². The Hall–Kier alpha value is -1.44. The molecule has 1 saturated heterocycles. The van der Waals surface area contributed by atoms with Crippen molar-refractivity contribution in [3.8, 4) is 6.07 Å². The van der Waals surface area contributed by atoms with E-state index in [2.05, 4.69) is 24.2 Å². The zero-order valence-electron chi connectivity index (χ0n) is 12.2. The molecule has 1 heterocycles. The Labute approximate surface area is 120 Å². The molecule has 3 nitrogen and oxygen atoms in total. The Morgan fingerprint density at radius 3 is 3.00 bits per heavy atom. The molecular weight excluding hydrogens is 253 g/mol. The second kappa shape index (κ2) is 6.83. The van der Waals surface area contributed by atoms with Crippen LogP contribution in [0.3, 0.4) is 0 Å². The van der Waals surface area contributed by atoms with Gasteiger partial charge in [-0.15, -0.1) is 0 Å². The van der Waals surface area contributed by atoms with Gasteiger partial charge in [0.25, 0.3) is 0 Å². The molecule has 1 fully saturated rings. The summed E-state index contributed by atoms with van der Waals surface area (Å²) in [6.45, 7) is 5.07. The second-order valence-electron chi connectivity index (χ2n) is 5.49. The molecule has 2 atom stereocenters. The van der Waals surface area contributed by atoms with Crippen molar-refractivity contribution in [3.63, 3.8) is 0 Å². The van der Waals surface area contributed by atoms with Crippen molar-refractivity contribution in [3.05, 3.63) is 35.1 Å². The summed E-state index contributed by atoms with van der Waals surface area (Å²) in [7, 11) is 2.11. The quantitative estimate of drug-likeness (QED) is 0.918. The molecule has 0 radical (unpaired) electrons. The number of likely N-dealkylation sites (tertiary alicyclic amines) is 1. The number of nitrogens with zero attached hydrogens (tertiary/aromatic N) is 2. The Kier molecular flexibility index (Phi) is 5.11. The third kappa shape index (κ3) is 3.17. The molecular formula is C16H22FN3. The normalized spacial score (nSPS) is 23.5. The SMILES string of the molecule is CCNCC1CCCN(C)C1c1ccc(F)c(C#N)c1. The van der Waals surface area contributed by atoms with Crippen LogP contribution >= 0.6 is 0 Å². The summed E-state index contributed by atoms with van der Waals surface area (Å²) in [6, 6.07) is 7.15. The molecule has 2 unspecified atom stereocenters. The maximum Gasteiger partial charge on any atom is 0.140 e. The van der Waals surface area contributed by atoms with Gasteiger partial charge in [0, 0.05) is 6.04 Å². The lowest BCUT2D eigenvalue weighted by Crippen LogP contribution is -2.40. The van der Waals surface area contributed by atoms with Crippen molar-refractivity contribution in [2.24, 2.45) is 5.92 Å². The van der Waals surface area contributed by atoms with E-state index in [4.69, 9.17) is 5.26 Å². The topological polar surface area (TPSA) is 39.1 Å². The highest BCUT2D eigenvalue weighted by molar-refractivity contribution is 5.36. The van der Waals surface area contributed by atoms with Crippen LogP contribution in [0.1, 0.15) is 36.9 Å². The average Bonchev–Trinajstić information content (AvgIpc) is 2.46. The Balaban J connectivity index is 2.28. The Bertz CT molecular complexity index is 495. The van der Waals surface area contributed by atoms with Gasteiger partial charge in [0.15, 0.2) is 0 Å². The fourth-order valence-corrected chi connectivity index (χ4v) is 3.14. The van der Waals surface area contributed by atoms with Crippen LogP contribution in [0.25, 0.3) is 0 Å². The fourth-order valence-electron chi connectivity index (χ4n) is 3.14. The molecule has 4 heteroatoms. The van der Waals surface area contributed by atoms with E-state index in [9.17, 15) is 4.39 Å². The standard InChI is InChI=1S/C16H22FN3/c1-3-19-11-13-5-4-8-20(2)16(13)12-6-7-15(17)14(9-12)10-18/h6-7,9,13,16,19H,3-5,8,11H2,1-2H3. The molecule has 0 aromatic heterocycles. The number of piperidine rings is 1. The van der Waals surface area contributed by atoms with Crippen LogP contribution in [-0.4, -0.2) is 31.6 Å². The second-order valence-corrected chi connectivity index (χ2v) is 5.49. The summed E-state index contributed by atoms with van der Waals surface area (Å²) in [5.41, 5.74) is 1.19. The minimum Gasteiger partial charge on any atom is -0.317 e. The van der Waals surface area contributed by atoms with Gasteiger partial charge in [-0.3, -0.25) is 4.90 Å². The number of hydrogen-bond acceptors (Lipinski definition) is 3. The van der Waals surface area contributed by atoms with Crippen LogP contribution in [0.4, 0.5) is 4.39 Å². The number of benzene rings is 1. The van der Waals surface area contributed by atoms with Crippen LogP contribution in [0.2, 0.25) is 0 Å². The van der Waals surface area contributed by atoms with E-state index in [0.717, 1.165) is 25.2 Å². The summed E-state index contributed by atoms with van der Waals surface area (Å²) < 4.78 is 13.5. The lowest BCUT2D eigenvalue weighted by molar-refractivity contribution is 0.120. The van der Waals surface area contributed by atoms with Gasteiger partial charge in [0.05, 0.1) is 5.56 Å². The number of rotatable bonds is 4. The van der Waals surface area contributed by atoms with E-state index < -0.39 is 5.82 Å². The maximum atomic E-state index is 13.5. The molecule has 1 N–H and O–H groups in total. The molecule has 0 aliphatic carbocycles. The van der Waals surface area contributed by atoms with Gasteiger partial charge < -0.3 is 5.32 Å². The van der Waals surface area contributed by atoms with E-state index in [1.807, 2.05) is 12.1 Å². The number of nitrogens with one attached hydrogen (secondary N) is 1. The van der Waals surface area contributed by atoms with Gasteiger partial charge in [0.1, 0.15) is 11.9 Å². The minimum absolute atomic E-state index is 0.142. The number of hydrogen-bond donors (Lipinski definition) is 1. The average molecular weight is 275 g/mol. The van der Waals surface area contributed by atoms with Gasteiger partial charge in [-0.1, -0.05) is 13.0 Å². The van der Waals surface area contributed by atoms with Crippen molar-refractivity contribution in [2.75, 3.05) is 26.7 Å². The van der Waals surface area contributed by atoms with Crippen molar-refractivity contribution in [1.29, 1.82) is 5.26 Å². The van der Waals surface area contributed by atoms with Gasteiger partial charge in [-0.05, 0) is 63.1 Å². The van der Waals surface area contributed by atoms with Crippen LogP contribution in [0.5, 0.6) is 0 Å². The summed E-state index contributed by atoms with van der Waals surface area (Å²) >= 11 is 0. The molecule has 108 valence electrons. The van der Waals surface area contributed by atoms with Gasteiger partial charge in [-0.25, -0.2) is 4.39 Å². The maximum absolute atomic E-state index is 13.5. The highest BCUT2D eigenvalue weighted by Gasteiger charge is 2.30. The first kappa shape index (κ1) is 15.0. The number of halogens is 1. The monoisotopic (exact) mass is 275 g/mol. The molecule has 0 amide bonds. The summed E-state index contributed by atoms with van der Waals surface area (Å²) in [6.07, 6.45) is 2.36. The molecule has 1 aliphatic rings. The smallest absolute Gasteiger partial charge is 0.140 e. The minimum atomic E-state index is -0.432. The first-order valence-corrected chi connectivity index (χ1v) is 7.27. The Morgan fingerprint density at radius 2 is 2.30 bits per heavy atom. The van der Waals surface area contributed by atoms with Gasteiger partial charge >= 0.3 is 0 Å².